The van der Waals surface area contributed by atoms with E-state index in [2.05, 4.69) is 30.6 Å². The molecule has 1 rings (SSSR count). The SMILES string of the molecule is O=C1N(C[Si]Br)CCCN1C[Si]Br. The van der Waals surface area contributed by atoms with E-state index >= 15 is 0 Å². The summed E-state index contributed by atoms with van der Waals surface area (Å²) in [6.45, 7) is 1.83. The molecule has 2 amide bonds. The fourth-order valence-corrected chi connectivity index (χ4v) is 3.97. The van der Waals surface area contributed by atoms with Crippen LogP contribution in [0.1, 0.15) is 6.42 Å². The number of amides is 2. The molecule has 0 N–H and O–H groups in total. The van der Waals surface area contributed by atoms with Gasteiger partial charge < -0.3 is 9.80 Å². The van der Waals surface area contributed by atoms with Gasteiger partial charge in [-0.3, -0.25) is 0 Å². The third-order valence-electron chi connectivity index (χ3n) is 1.90. The second-order valence-electron chi connectivity index (χ2n) is 2.75. The zero-order chi connectivity index (χ0) is 9.68. The Morgan fingerprint density at radius 2 is 1.62 bits per heavy atom. The van der Waals surface area contributed by atoms with Crippen LogP contribution in [0.15, 0.2) is 0 Å². The predicted molar refractivity (Wildman–Crippen MR) is 62.5 cm³/mol. The lowest BCUT2D eigenvalue weighted by Gasteiger charge is -2.34. The first-order chi connectivity index (χ1) is 6.29. The molecule has 7 heteroatoms. The van der Waals surface area contributed by atoms with Gasteiger partial charge in [0.1, 0.15) is 0 Å². The number of urea groups is 1. The average molecular weight is 342 g/mol. The van der Waals surface area contributed by atoms with Crippen LogP contribution in [0.2, 0.25) is 0 Å². The topological polar surface area (TPSA) is 23.6 Å². The molecular weight excluding hydrogens is 332 g/mol. The van der Waals surface area contributed by atoms with Crippen molar-refractivity contribution in [3.05, 3.63) is 0 Å². The first kappa shape index (κ1) is 11.7. The molecule has 0 spiro atoms. The van der Waals surface area contributed by atoms with E-state index in [4.69, 9.17) is 0 Å². The van der Waals surface area contributed by atoms with Gasteiger partial charge in [0.25, 0.3) is 0 Å². The van der Waals surface area contributed by atoms with Crippen LogP contribution in [0.25, 0.3) is 0 Å². The summed E-state index contributed by atoms with van der Waals surface area (Å²) in [4.78, 5) is 15.6. The number of hydrogen-bond acceptors (Lipinski definition) is 1. The van der Waals surface area contributed by atoms with Crippen molar-refractivity contribution in [2.45, 2.75) is 6.42 Å². The van der Waals surface area contributed by atoms with Crippen LogP contribution >= 0.6 is 30.6 Å². The molecule has 3 nitrogen and oxygen atoms in total. The molecule has 13 heavy (non-hydrogen) atoms. The number of rotatable bonds is 4. The molecule has 1 saturated heterocycles. The number of nitrogens with zero attached hydrogens (tertiary/aromatic N) is 2. The Balaban J connectivity index is 2.45. The zero-order valence-electron chi connectivity index (χ0n) is 7.09. The predicted octanol–water partition coefficient (Wildman–Crippen LogP) is 1.06. The molecule has 1 fully saturated rings. The lowest BCUT2D eigenvalue weighted by atomic mass is 10.3. The van der Waals surface area contributed by atoms with E-state index in [1.165, 1.54) is 0 Å². The lowest BCUT2D eigenvalue weighted by molar-refractivity contribution is 0.146. The molecule has 0 atom stereocenters. The highest BCUT2D eigenvalue weighted by molar-refractivity contribution is 9.23. The zero-order valence-corrected chi connectivity index (χ0v) is 12.3. The minimum atomic E-state index is 0.199. The van der Waals surface area contributed by atoms with Gasteiger partial charge in [0.05, 0.1) is 0 Å². The normalized spacial score (nSPS) is 18.2. The molecule has 0 unspecified atom stereocenters. The third-order valence-corrected chi connectivity index (χ3v) is 4.41. The highest BCUT2D eigenvalue weighted by atomic mass is 79.9. The molecule has 0 bridgehead atoms. The van der Waals surface area contributed by atoms with Crippen molar-refractivity contribution in [3.63, 3.8) is 0 Å². The number of halogens is 2. The van der Waals surface area contributed by atoms with Crippen molar-refractivity contribution in [1.82, 2.24) is 9.80 Å². The second-order valence-corrected chi connectivity index (χ2v) is 7.28. The van der Waals surface area contributed by atoms with Crippen LogP contribution in [0.4, 0.5) is 4.79 Å². The van der Waals surface area contributed by atoms with E-state index in [-0.39, 0.29) is 6.03 Å². The summed E-state index contributed by atoms with van der Waals surface area (Å²) in [6.07, 6.45) is 2.79. The minimum Gasteiger partial charge on any atom is -0.327 e. The average Bonchev–Trinajstić information content (AvgIpc) is 2.13. The second kappa shape index (κ2) is 6.20. The molecule has 0 saturated carbocycles. The summed E-state index contributed by atoms with van der Waals surface area (Å²) < 4.78 is 0. The van der Waals surface area contributed by atoms with E-state index in [0.29, 0.717) is 16.3 Å². The van der Waals surface area contributed by atoms with E-state index in [1.807, 2.05) is 9.80 Å². The Morgan fingerprint density at radius 1 is 1.15 bits per heavy atom. The highest BCUT2D eigenvalue weighted by Gasteiger charge is 2.24. The lowest BCUT2D eigenvalue weighted by Crippen LogP contribution is -2.50. The van der Waals surface area contributed by atoms with Gasteiger partial charge in [-0.1, -0.05) is 0 Å². The molecule has 1 heterocycles. The van der Waals surface area contributed by atoms with Crippen LogP contribution in [0.3, 0.4) is 0 Å². The minimum absolute atomic E-state index is 0.199. The van der Waals surface area contributed by atoms with Gasteiger partial charge in [-0.05, 0) is 6.42 Å². The van der Waals surface area contributed by atoms with Gasteiger partial charge in [-0.15, -0.1) is 30.6 Å². The summed E-state index contributed by atoms with van der Waals surface area (Å²) in [5.74, 6) is 0. The number of carbonyl (C=O) groups excluding carboxylic acids is 1. The van der Waals surface area contributed by atoms with Crippen LogP contribution < -0.4 is 0 Å². The summed E-state index contributed by atoms with van der Waals surface area (Å²) >= 11 is 6.76. The van der Waals surface area contributed by atoms with E-state index in [9.17, 15) is 4.79 Å². The highest BCUT2D eigenvalue weighted by Crippen LogP contribution is 2.08. The first-order valence-electron chi connectivity index (χ1n) is 4.00. The van der Waals surface area contributed by atoms with E-state index in [1.54, 1.807) is 0 Å². The fourth-order valence-electron chi connectivity index (χ4n) is 1.28. The Morgan fingerprint density at radius 3 is 2.00 bits per heavy atom. The Hall–Kier alpha value is 0.664. The monoisotopic (exact) mass is 340 g/mol. The fraction of sp³-hybridized carbons (Fsp3) is 0.833. The molecule has 4 radical (unpaired) electrons. The van der Waals surface area contributed by atoms with Gasteiger partial charge in [0, 0.05) is 25.4 Å². The molecule has 0 aromatic heterocycles. The summed E-state index contributed by atoms with van der Waals surface area (Å²) in [5.41, 5.74) is 0. The molecular formula is C6H10Br2N2OSi2. The maximum Gasteiger partial charge on any atom is 0.319 e. The summed E-state index contributed by atoms with van der Waals surface area (Å²) in [5, 5.41) is 0. The molecule has 0 aromatic carbocycles. The van der Waals surface area contributed by atoms with Crippen molar-refractivity contribution in [2.75, 3.05) is 25.4 Å². The molecule has 1 aliphatic heterocycles. The van der Waals surface area contributed by atoms with Crippen molar-refractivity contribution >= 4 is 52.9 Å². The van der Waals surface area contributed by atoms with Gasteiger partial charge in [0.2, 0.25) is 0 Å². The van der Waals surface area contributed by atoms with Crippen LogP contribution in [-0.2, 0) is 0 Å². The van der Waals surface area contributed by atoms with Gasteiger partial charge in [-0.2, -0.15) is 0 Å². The van der Waals surface area contributed by atoms with E-state index in [0.717, 1.165) is 31.8 Å². The van der Waals surface area contributed by atoms with Crippen molar-refractivity contribution in [1.29, 1.82) is 0 Å². The number of hydrogen-bond donors (Lipinski definition) is 0. The summed E-state index contributed by atoms with van der Waals surface area (Å²) in [6, 6.07) is 0.199. The van der Waals surface area contributed by atoms with Crippen molar-refractivity contribution in [3.8, 4) is 0 Å². The standard InChI is InChI=1S/C6H10Br2N2OSi2/c7-12-4-9-2-1-3-10(5-13-8)6(9)11/h1-5H2. The Labute approximate surface area is 99.0 Å². The molecule has 0 aliphatic carbocycles. The van der Waals surface area contributed by atoms with Crippen LogP contribution in [0.5, 0.6) is 0 Å². The largest absolute Gasteiger partial charge is 0.327 e. The Kier molecular flexibility index (Phi) is 5.60. The third kappa shape index (κ3) is 3.37. The van der Waals surface area contributed by atoms with Gasteiger partial charge in [0.15, 0.2) is 16.3 Å². The Bertz CT molecular complexity index is 164. The maximum atomic E-state index is 11.7. The van der Waals surface area contributed by atoms with Gasteiger partial charge >= 0.3 is 6.03 Å². The van der Waals surface area contributed by atoms with Crippen LogP contribution in [-0.4, -0.2) is 57.5 Å². The van der Waals surface area contributed by atoms with Crippen molar-refractivity contribution < 1.29 is 4.79 Å². The first-order valence-corrected chi connectivity index (χ1v) is 10.9. The molecule has 72 valence electrons. The molecule has 0 aromatic rings. The quantitative estimate of drug-likeness (QED) is 0.554. The van der Waals surface area contributed by atoms with E-state index < -0.39 is 0 Å². The smallest absolute Gasteiger partial charge is 0.319 e. The van der Waals surface area contributed by atoms with Crippen molar-refractivity contribution in [2.24, 2.45) is 0 Å². The number of carbonyl (C=O) groups is 1. The maximum absolute atomic E-state index is 11.7. The van der Waals surface area contributed by atoms with Gasteiger partial charge in [-0.25, -0.2) is 4.79 Å². The summed E-state index contributed by atoms with van der Waals surface area (Å²) in [7, 11) is 1.30. The molecule has 1 aliphatic rings. The van der Waals surface area contributed by atoms with Crippen LogP contribution in [0, 0.1) is 0 Å².